The molecule has 0 saturated heterocycles. The number of benzene rings is 2. The third-order valence-corrected chi connectivity index (χ3v) is 3.66. The van der Waals surface area contributed by atoms with Crippen LogP contribution in [0.15, 0.2) is 42.5 Å². The van der Waals surface area contributed by atoms with Crippen LogP contribution in [0.3, 0.4) is 0 Å². The van der Waals surface area contributed by atoms with E-state index in [1.807, 2.05) is 18.2 Å². The summed E-state index contributed by atoms with van der Waals surface area (Å²) in [5.74, 6) is -0.266. The zero-order valence-corrected chi connectivity index (χ0v) is 13.6. The number of hydrogen-bond donors (Lipinski definition) is 1. The van der Waals surface area contributed by atoms with Gasteiger partial charge in [-0.25, -0.2) is 4.39 Å². The van der Waals surface area contributed by atoms with Gasteiger partial charge < -0.3 is 20.1 Å². The Labute approximate surface area is 136 Å². The van der Waals surface area contributed by atoms with E-state index in [0.717, 1.165) is 11.3 Å². The molecule has 0 heterocycles. The number of anilines is 2. The van der Waals surface area contributed by atoms with Crippen LogP contribution in [0.25, 0.3) is 11.1 Å². The van der Waals surface area contributed by atoms with Crippen molar-refractivity contribution in [3.8, 4) is 11.1 Å². The fourth-order valence-corrected chi connectivity index (χ4v) is 2.48. The number of ether oxygens (including phenoxy) is 2. The molecular weight excluding hydrogens is 295 g/mol. The quantitative estimate of drug-likeness (QED) is 0.760. The number of rotatable bonds is 8. The highest BCUT2D eigenvalue weighted by molar-refractivity contribution is 5.81. The molecule has 2 aromatic carbocycles. The molecule has 5 heteroatoms. The van der Waals surface area contributed by atoms with E-state index in [-0.39, 0.29) is 5.82 Å². The van der Waals surface area contributed by atoms with Crippen molar-refractivity contribution in [1.82, 2.24) is 0 Å². The maximum Gasteiger partial charge on any atom is 0.131 e. The van der Waals surface area contributed by atoms with Gasteiger partial charge in [-0.15, -0.1) is 0 Å². The van der Waals surface area contributed by atoms with Crippen LogP contribution < -0.4 is 10.6 Å². The Bertz CT molecular complexity index is 626. The van der Waals surface area contributed by atoms with Crippen LogP contribution in [-0.2, 0) is 9.47 Å². The maximum absolute atomic E-state index is 14.2. The third kappa shape index (κ3) is 4.43. The molecule has 0 aliphatic carbocycles. The molecule has 0 spiro atoms. The predicted octanol–water partition coefficient (Wildman–Crippen LogP) is 3.17. The molecule has 0 saturated carbocycles. The average molecular weight is 318 g/mol. The molecule has 124 valence electrons. The minimum absolute atomic E-state index is 0.266. The first-order chi connectivity index (χ1) is 11.2. The second-order valence-corrected chi connectivity index (χ2v) is 5.23. The summed E-state index contributed by atoms with van der Waals surface area (Å²) in [6, 6.07) is 12.3. The van der Waals surface area contributed by atoms with Gasteiger partial charge in [0.2, 0.25) is 0 Å². The minimum Gasteiger partial charge on any atom is -0.399 e. The van der Waals surface area contributed by atoms with Gasteiger partial charge in [0.1, 0.15) is 5.82 Å². The number of nitrogen functional groups attached to an aromatic ring is 1. The van der Waals surface area contributed by atoms with E-state index in [9.17, 15) is 4.39 Å². The SMILES string of the molecule is COCCN(CCOC)c1ccc(N)cc1-c1ccccc1F. The first kappa shape index (κ1) is 17.2. The lowest BCUT2D eigenvalue weighted by atomic mass is 10.0. The summed E-state index contributed by atoms with van der Waals surface area (Å²) in [6.45, 7) is 2.52. The highest BCUT2D eigenvalue weighted by Crippen LogP contribution is 2.34. The molecule has 2 N–H and O–H groups in total. The molecule has 2 rings (SSSR count). The van der Waals surface area contributed by atoms with Crippen LogP contribution in [0.2, 0.25) is 0 Å². The standard InChI is InChI=1S/C18H23FN2O2/c1-22-11-9-21(10-12-23-2)18-8-7-14(20)13-16(18)15-5-3-4-6-17(15)19/h3-8,13H,9-12,20H2,1-2H3. The molecule has 0 amide bonds. The van der Waals surface area contributed by atoms with Gasteiger partial charge in [-0.1, -0.05) is 18.2 Å². The summed E-state index contributed by atoms with van der Waals surface area (Å²) >= 11 is 0. The van der Waals surface area contributed by atoms with E-state index in [4.69, 9.17) is 15.2 Å². The lowest BCUT2D eigenvalue weighted by Crippen LogP contribution is -2.31. The van der Waals surface area contributed by atoms with Crippen molar-refractivity contribution in [1.29, 1.82) is 0 Å². The zero-order chi connectivity index (χ0) is 16.7. The Morgan fingerprint density at radius 1 is 0.957 bits per heavy atom. The largest absolute Gasteiger partial charge is 0.399 e. The van der Waals surface area contributed by atoms with Crippen molar-refractivity contribution in [2.45, 2.75) is 0 Å². The molecular formula is C18H23FN2O2. The first-order valence-electron chi connectivity index (χ1n) is 7.54. The molecule has 0 fully saturated rings. The molecule has 0 bridgehead atoms. The van der Waals surface area contributed by atoms with Gasteiger partial charge in [0.15, 0.2) is 0 Å². The normalized spacial score (nSPS) is 10.7. The van der Waals surface area contributed by atoms with Crippen LogP contribution in [0.1, 0.15) is 0 Å². The molecule has 23 heavy (non-hydrogen) atoms. The van der Waals surface area contributed by atoms with Gasteiger partial charge in [-0.05, 0) is 24.3 Å². The summed E-state index contributed by atoms with van der Waals surface area (Å²) in [6.07, 6.45) is 0. The molecule has 2 aromatic rings. The minimum atomic E-state index is -0.266. The molecule has 0 unspecified atom stereocenters. The van der Waals surface area contributed by atoms with Gasteiger partial charge in [-0.2, -0.15) is 0 Å². The Morgan fingerprint density at radius 2 is 1.61 bits per heavy atom. The van der Waals surface area contributed by atoms with E-state index in [1.165, 1.54) is 6.07 Å². The number of nitrogens with zero attached hydrogens (tertiary/aromatic N) is 1. The zero-order valence-electron chi connectivity index (χ0n) is 13.6. The molecule has 0 aliphatic heterocycles. The summed E-state index contributed by atoms with van der Waals surface area (Å²) in [4.78, 5) is 2.12. The molecule has 0 atom stereocenters. The van der Waals surface area contributed by atoms with Crippen molar-refractivity contribution in [2.75, 3.05) is 51.2 Å². The molecule has 0 radical (unpaired) electrons. The monoisotopic (exact) mass is 318 g/mol. The average Bonchev–Trinajstić information content (AvgIpc) is 2.56. The number of nitrogens with two attached hydrogens (primary N) is 1. The topological polar surface area (TPSA) is 47.7 Å². The Balaban J connectivity index is 2.45. The molecule has 0 aromatic heterocycles. The van der Waals surface area contributed by atoms with Crippen LogP contribution in [-0.4, -0.2) is 40.5 Å². The summed E-state index contributed by atoms with van der Waals surface area (Å²) in [5.41, 5.74) is 8.75. The van der Waals surface area contributed by atoms with Crippen LogP contribution in [0, 0.1) is 5.82 Å². The lowest BCUT2D eigenvalue weighted by molar-refractivity contribution is 0.190. The van der Waals surface area contributed by atoms with Crippen LogP contribution in [0.5, 0.6) is 0 Å². The highest BCUT2D eigenvalue weighted by atomic mass is 19.1. The lowest BCUT2D eigenvalue weighted by Gasteiger charge is -2.27. The van der Waals surface area contributed by atoms with Gasteiger partial charge >= 0.3 is 0 Å². The second-order valence-electron chi connectivity index (χ2n) is 5.23. The Kier molecular flexibility index (Phi) is 6.38. The fraction of sp³-hybridized carbons (Fsp3) is 0.333. The number of methoxy groups -OCH3 is 2. The Morgan fingerprint density at radius 3 is 2.22 bits per heavy atom. The Hall–Kier alpha value is -2.11. The molecule has 4 nitrogen and oxygen atoms in total. The number of halogens is 1. The van der Waals surface area contributed by atoms with Crippen molar-refractivity contribution in [3.63, 3.8) is 0 Å². The molecule has 0 aliphatic rings. The number of hydrogen-bond acceptors (Lipinski definition) is 4. The summed E-state index contributed by atoms with van der Waals surface area (Å²) < 4.78 is 24.6. The van der Waals surface area contributed by atoms with Crippen molar-refractivity contribution >= 4 is 11.4 Å². The summed E-state index contributed by atoms with van der Waals surface area (Å²) in [5, 5.41) is 0. The van der Waals surface area contributed by atoms with Crippen molar-refractivity contribution in [3.05, 3.63) is 48.3 Å². The van der Waals surface area contributed by atoms with Gasteiger partial charge in [-0.3, -0.25) is 0 Å². The van der Waals surface area contributed by atoms with E-state index in [2.05, 4.69) is 4.90 Å². The van der Waals surface area contributed by atoms with Gasteiger partial charge in [0.05, 0.1) is 13.2 Å². The van der Waals surface area contributed by atoms with Crippen LogP contribution in [0.4, 0.5) is 15.8 Å². The van der Waals surface area contributed by atoms with Crippen molar-refractivity contribution < 1.29 is 13.9 Å². The first-order valence-corrected chi connectivity index (χ1v) is 7.54. The fourth-order valence-electron chi connectivity index (χ4n) is 2.48. The van der Waals surface area contributed by atoms with E-state index < -0.39 is 0 Å². The smallest absolute Gasteiger partial charge is 0.131 e. The second kappa shape index (κ2) is 8.50. The van der Waals surface area contributed by atoms with E-state index >= 15 is 0 Å². The highest BCUT2D eigenvalue weighted by Gasteiger charge is 2.15. The van der Waals surface area contributed by atoms with Gasteiger partial charge in [0, 0.05) is 49.8 Å². The van der Waals surface area contributed by atoms with Crippen LogP contribution >= 0.6 is 0 Å². The summed E-state index contributed by atoms with van der Waals surface area (Å²) in [7, 11) is 3.32. The van der Waals surface area contributed by atoms with Gasteiger partial charge in [0.25, 0.3) is 0 Å². The maximum atomic E-state index is 14.2. The van der Waals surface area contributed by atoms with E-state index in [0.29, 0.717) is 37.6 Å². The van der Waals surface area contributed by atoms with E-state index in [1.54, 1.807) is 32.4 Å². The predicted molar refractivity (Wildman–Crippen MR) is 92.2 cm³/mol. The van der Waals surface area contributed by atoms with Crippen molar-refractivity contribution in [2.24, 2.45) is 0 Å². The third-order valence-electron chi connectivity index (χ3n) is 3.66.